The first kappa shape index (κ1) is 17.0. The summed E-state index contributed by atoms with van der Waals surface area (Å²) >= 11 is 4.46. The van der Waals surface area contributed by atoms with E-state index < -0.39 is 0 Å². The van der Waals surface area contributed by atoms with Crippen molar-refractivity contribution in [2.75, 3.05) is 0 Å². The van der Waals surface area contributed by atoms with Gasteiger partial charge in [0.1, 0.15) is 11.3 Å². The molecule has 0 aliphatic carbocycles. The number of halogens is 1. The van der Waals surface area contributed by atoms with Gasteiger partial charge in [0.25, 0.3) is 0 Å². The molecule has 2 aromatic carbocycles. The zero-order valence-corrected chi connectivity index (χ0v) is 14.2. The van der Waals surface area contributed by atoms with Gasteiger partial charge in [-0.2, -0.15) is 0 Å². The van der Waals surface area contributed by atoms with Crippen molar-refractivity contribution in [3.8, 4) is 0 Å². The predicted molar refractivity (Wildman–Crippen MR) is 92.9 cm³/mol. The van der Waals surface area contributed by atoms with Crippen molar-refractivity contribution in [2.45, 2.75) is 44.6 Å². The molecular weight excluding hydrogens is 295 g/mol. The predicted octanol–water partition coefficient (Wildman–Crippen LogP) is 5.53. The van der Waals surface area contributed by atoms with Gasteiger partial charge in [0.15, 0.2) is 0 Å². The Bertz CT molecular complexity index is 598. The van der Waals surface area contributed by atoms with Gasteiger partial charge in [0.05, 0.1) is 6.10 Å². The third-order valence-corrected chi connectivity index (χ3v) is 4.07. The minimum Gasteiger partial charge on any atom is -0.360 e. The van der Waals surface area contributed by atoms with Gasteiger partial charge in [-0.3, -0.25) is 0 Å². The molecule has 118 valence electrons. The minimum atomic E-state index is -0.338. The van der Waals surface area contributed by atoms with E-state index in [2.05, 4.69) is 26.5 Å². The third-order valence-electron chi connectivity index (χ3n) is 3.77. The summed E-state index contributed by atoms with van der Waals surface area (Å²) in [7, 11) is 0. The lowest BCUT2D eigenvalue weighted by Gasteiger charge is -2.19. The summed E-state index contributed by atoms with van der Waals surface area (Å²) in [6.45, 7) is 6.10. The fourth-order valence-electron chi connectivity index (χ4n) is 2.36. The maximum absolute atomic E-state index is 14.1. The Morgan fingerprint density at radius 3 is 2.27 bits per heavy atom. The van der Waals surface area contributed by atoms with Gasteiger partial charge >= 0.3 is 0 Å². The molecule has 0 saturated carbocycles. The summed E-state index contributed by atoms with van der Waals surface area (Å²) in [5.41, 5.74) is 2.41. The van der Waals surface area contributed by atoms with Crippen LogP contribution < -0.4 is 0 Å². The summed E-state index contributed by atoms with van der Waals surface area (Å²) in [4.78, 5) is 0. The van der Waals surface area contributed by atoms with Gasteiger partial charge in [-0.25, -0.2) is 4.39 Å². The first-order chi connectivity index (χ1) is 10.5. The third kappa shape index (κ3) is 4.59. The molecule has 0 fully saturated rings. The van der Waals surface area contributed by atoms with E-state index in [0.717, 1.165) is 11.1 Å². The highest BCUT2D eigenvalue weighted by atomic mass is 32.1. The summed E-state index contributed by atoms with van der Waals surface area (Å²) < 4.78 is 20.0. The molecule has 2 rings (SSSR count). The Morgan fingerprint density at radius 1 is 1.00 bits per heavy atom. The van der Waals surface area contributed by atoms with Crippen LogP contribution in [-0.2, 0) is 11.2 Å². The maximum atomic E-state index is 14.1. The van der Waals surface area contributed by atoms with Crippen LogP contribution in [0.2, 0.25) is 0 Å². The first-order valence-corrected chi connectivity index (χ1v) is 8.15. The normalized spacial score (nSPS) is 14.1. The molecule has 2 unspecified atom stereocenters. The maximum Gasteiger partial charge on any atom is 0.126 e. The molecule has 0 heterocycles. The van der Waals surface area contributed by atoms with Crippen molar-refractivity contribution in [1.82, 2.24) is 0 Å². The van der Waals surface area contributed by atoms with Gasteiger partial charge in [-0.1, -0.05) is 56.3 Å². The van der Waals surface area contributed by atoms with Gasteiger partial charge in [0, 0.05) is 6.42 Å². The van der Waals surface area contributed by atoms with Crippen molar-refractivity contribution < 1.29 is 9.13 Å². The molecule has 1 nitrogen and oxygen atoms in total. The highest BCUT2D eigenvalue weighted by molar-refractivity contribution is 7.80. The topological polar surface area (TPSA) is 9.23 Å². The van der Waals surface area contributed by atoms with E-state index in [1.54, 1.807) is 6.07 Å². The largest absolute Gasteiger partial charge is 0.360 e. The molecule has 3 heteroatoms. The van der Waals surface area contributed by atoms with Crippen LogP contribution in [0.5, 0.6) is 0 Å². The van der Waals surface area contributed by atoms with Crippen LogP contribution in [-0.4, -0.2) is 5.44 Å². The van der Waals surface area contributed by atoms with Crippen molar-refractivity contribution >= 4 is 12.6 Å². The molecule has 0 amide bonds. The van der Waals surface area contributed by atoms with E-state index in [1.807, 2.05) is 49.4 Å². The Morgan fingerprint density at radius 2 is 1.68 bits per heavy atom. The van der Waals surface area contributed by atoms with Crippen LogP contribution in [0.3, 0.4) is 0 Å². The number of benzene rings is 2. The van der Waals surface area contributed by atoms with Gasteiger partial charge < -0.3 is 4.74 Å². The smallest absolute Gasteiger partial charge is 0.126 e. The van der Waals surface area contributed by atoms with Crippen molar-refractivity contribution in [2.24, 2.45) is 0 Å². The number of rotatable bonds is 6. The van der Waals surface area contributed by atoms with Crippen LogP contribution in [0.4, 0.5) is 4.39 Å². The first-order valence-electron chi connectivity index (χ1n) is 7.64. The van der Waals surface area contributed by atoms with Crippen LogP contribution in [0.15, 0.2) is 48.5 Å². The molecule has 0 aliphatic rings. The fourth-order valence-corrected chi connectivity index (χ4v) is 2.74. The zero-order chi connectivity index (χ0) is 16.1. The number of hydrogen-bond acceptors (Lipinski definition) is 2. The molecule has 0 saturated heterocycles. The summed E-state index contributed by atoms with van der Waals surface area (Å²) in [6, 6.07) is 15.4. The molecule has 0 radical (unpaired) electrons. The Labute approximate surface area is 137 Å². The monoisotopic (exact) mass is 318 g/mol. The summed E-state index contributed by atoms with van der Waals surface area (Å²) in [6.07, 6.45) is 0.381. The molecule has 0 aliphatic heterocycles. The number of hydrogen-bond donors (Lipinski definition) is 1. The highest BCUT2D eigenvalue weighted by Gasteiger charge is 2.14. The Hall–Kier alpha value is -1.32. The number of ether oxygens (including phenoxy) is 1. The molecule has 2 atom stereocenters. The lowest BCUT2D eigenvalue weighted by molar-refractivity contribution is 0.0477. The van der Waals surface area contributed by atoms with E-state index in [0.29, 0.717) is 17.9 Å². The van der Waals surface area contributed by atoms with E-state index in [9.17, 15) is 4.39 Å². The molecule has 22 heavy (non-hydrogen) atoms. The quantitative estimate of drug-likeness (QED) is 0.544. The molecule has 0 spiro atoms. The standard InChI is InChI=1S/C19H23FOS/c1-13(2)16-9-10-17(18(20)11-16)12-19(22)21-14(3)15-7-5-4-6-8-15/h4-11,13-14,19,22H,12H2,1-3H3. The van der Waals surface area contributed by atoms with E-state index in [4.69, 9.17) is 4.74 Å². The van der Waals surface area contributed by atoms with Crippen LogP contribution in [0.1, 0.15) is 49.5 Å². The van der Waals surface area contributed by atoms with Gasteiger partial charge in [-0.15, -0.1) is 12.6 Å². The Kier molecular flexibility index (Phi) is 6.04. The van der Waals surface area contributed by atoms with E-state index in [-0.39, 0.29) is 17.4 Å². The van der Waals surface area contributed by atoms with Gasteiger partial charge in [0.2, 0.25) is 0 Å². The van der Waals surface area contributed by atoms with Gasteiger partial charge in [-0.05, 0) is 35.6 Å². The SMILES string of the molecule is CC(C)c1ccc(CC(S)OC(C)c2ccccc2)c(F)c1. The molecule has 0 aromatic heterocycles. The molecular formula is C19H23FOS. The second-order valence-corrected chi connectivity index (χ2v) is 6.43. The van der Waals surface area contributed by atoms with Crippen molar-refractivity contribution in [1.29, 1.82) is 0 Å². The molecule has 0 bridgehead atoms. The second kappa shape index (κ2) is 7.80. The molecule has 2 aromatic rings. The summed E-state index contributed by atoms with van der Waals surface area (Å²) in [5.74, 6) is 0.144. The Balaban J connectivity index is 1.98. The van der Waals surface area contributed by atoms with Crippen LogP contribution in [0.25, 0.3) is 0 Å². The molecule has 0 N–H and O–H groups in total. The summed E-state index contributed by atoms with van der Waals surface area (Å²) in [5, 5.41) is 0. The zero-order valence-electron chi connectivity index (χ0n) is 13.3. The van der Waals surface area contributed by atoms with Crippen molar-refractivity contribution in [3.05, 3.63) is 71.0 Å². The van der Waals surface area contributed by atoms with E-state index in [1.165, 1.54) is 0 Å². The highest BCUT2D eigenvalue weighted by Crippen LogP contribution is 2.24. The fraction of sp³-hybridized carbons (Fsp3) is 0.368. The second-order valence-electron chi connectivity index (χ2n) is 5.85. The van der Waals surface area contributed by atoms with Crippen LogP contribution >= 0.6 is 12.6 Å². The lowest BCUT2D eigenvalue weighted by Crippen LogP contribution is -2.13. The minimum absolute atomic E-state index is 0.0679. The van der Waals surface area contributed by atoms with Crippen LogP contribution in [0, 0.1) is 5.82 Å². The lowest BCUT2D eigenvalue weighted by atomic mass is 10.0. The van der Waals surface area contributed by atoms with E-state index >= 15 is 0 Å². The number of thiol groups is 1. The van der Waals surface area contributed by atoms with Crippen molar-refractivity contribution in [3.63, 3.8) is 0 Å². The average molecular weight is 318 g/mol. The average Bonchev–Trinajstić information content (AvgIpc) is 2.50.